The second-order valence-corrected chi connectivity index (χ2v) is 9.99. The molecule has 1 aliphatic rings. The van der Waals surface area contributed by atoms with Crippen molar-refractivity contribution in [3.05, 3.63) is 53.1 Å². The first kappa shape index (κ1) is 25.1. The quantitative estimate of drug-likeness (QED) is 0.545. The Hall–Kier alpha value is -2.49. The van der Waals surface area contributed by atoms with E-state index in [4.69, 9.17) is 21.1 Å². The normalized spacial score (nSPS) is 14.7. The van der Waals surface area contributed by atoms with E-state index in [-0.39, 0.29) is 18.2 Å². The van der Waals surface area contributed by atoms with Gasteiger partial charge >= 0.3 is 0 Å². The minimum atomic E-state index is -3.48. The van der Waals surface area contributed by atoms with Crippen molar-refractivity contribution in [3.8, 4) is 11.5 Å². The molecule has 1 fully saturated rings. The standard InChI is InChI=1S/C23H30ClN3O5S/c1-3-31-21-9-8-18(16-22(21)32-4-2)23(28)25-10-15-33(29,30)27-13-11-26(12-14-27)20-7-5-6-19(24)17-20/h5-9,16-17H,3-4,10-15H2,1-2H3,(H,25,28). The molecule has 0 bridgehead atoms. The van der Waals surface area contributed by atoms with Crippen LogP contribution in [-0.2, 0) is 10.0 Å². The average molecular weight is 496 g/mol. The summed E-state index contributed by atoms with van der Waals surface area (Å²) in [5.74, 6) is 0.526. The lowest BCUT2D eigenvalue weighted by Crippen LogP contribution is -2.50. The maximum atomic E-state index is 12.8. The van der Waals surface area contributed by atoms with Crippen LogP contribution in [-0.4, -0.2) is 70.3 Å². The Morgan fingerprint density at radius 2 is 1.70 bits per heavy atom. The van der Waals surface area contributed by atoms with Crippen LogP contribution in [0, 0.1) is 0 Å². The van der Waals surface area contributed by atoms with Crippen molar-refractivity contribution in [3.63, 3.8) is 0 Å². The monoisotopic (exact) mass is 495 g/mol. The Balaban J connectivity index is 1.51. The van der Waals surface area contributed by atoms with Gasteiger partial charge in [-0.25, -0.2) is 8.42 Å². The number of sulfonamides is 1. The lowest BCUT2D eigenvalue weighted by atomic mass is 10.2. The zero-order chi connectivity index (χ0) is 23.8. The third kappa shape index (κ3) is 6.75. The molecule has 0 aromatic heterocycles. The minimum Gasteiger partial charge on any atom is -0.490 e. The van der Waals surface area contributed by atoms with Crippen LogP contribution in [0.3, 0.4) is 0 Å². The van der Waals surface area contributed by atoms with Crippen LogP contribution in [0.25, 0.3) is 0 Å². The van der Waals surface area contributed by atoms with Gasteiger partial charge in [0.15, 0.2) is 11.5 Å². The van der Waals surface area contributed by atoms with E-state index in [0.717, 1.165) is 5.69 Å². The van der Waals surface area contributed by atoms with Crippen molar-refractivity contribution in [1.29, 1.82) is 0 Å². The predicted molar refractivity (Wildman–Crippen MR) is 130 cm³/mol. The van der Waals surface area contributed by atoms with Gasteiger partial charge in [-0.05, 0) is 50.2 Å². The van der Waals surface area contributed by atoms with Crippen LogP contribution in [0.2, 0.25) is 5.02 Å². The highest BCUT2D eigenvalue weighted by Gasteiger charge is 2.27. The summed E-state index contributed by atoms with van der Waals surface area (Å²) < 4.78 is 38.0. The van der Waals surface area contributed by atoms with E-state index in [1.807, 2.05) is 38.1 Å². The van der Waals surface area contributed by atoms with Crippen molar-refractivity contribution in [1.82, 2.24) is 9.62 Å². The van der Waals surface area contributed by atoms with Crippen LogP contribution >= 0.6 is 11.6 Å². The maximum absolute atomic E-state index is 12.8. The molecule has 0 saturated carbocycles. The third-order valence-electron chi connectivity index (χ3n) is 5.26. The Morgan fingerprint density at radius 3 is 2.36 bits per heavy atom. The number of rotatable bonds is 10. The lowest BCUT2D eigenvalue weighted by molar-refractivity contribution is 0.0955. The molecule has 0 spiro atoms. The average Bonchev–Trinajstić information content (AvgIpc) is 2.80. The molecule has 1 amide bonds. The first-order valence-corrected chi connectivity index (χ1v) is 13.0. The highest BCUT2D eigenvalue weighted by atomic mass is 35.5. The number of halogens is 1. The highest BCUT2D eigenvalue weighted by Crippen LogP contribution is 2.28. The molecule has 0 atom stereocenters. The summed E-state index contributed by atoms with van der Waals surface area (Å²) in [4.78, 5) is 14.6. The van der Waals surface area contributed by atoms with Crippen LogP contribution in [0.15, 0.2) is 42.5 Å². The van der Waals surface area contributed by atoms with Crippen molar-refractivity contribution in [2.45, 2.75) is 13.8 Å². The van der Waals surface area contributed by atoms with Gasteiger partial charge in [0.05, 0.1) is 19.0 Å². The van der Waals surface area contributed by atoms with Gasteiger partial charge in [-0.15, -0.1) is 0 Å². The summed E-state index contributed by atoms with van der Waals surface area (Å²) in [6.45, 7) is 6.60. The first-order valence-electron chi connectivity index (χ1n) is 11.0. The van der Waals surface area contributed by atoms with Gasteiger partial charge in [0, 0.05) is 49.0 Å². The number of ether oxygens (including phenoxy) is 2. The molecule has 0 radical (unpaired) electrons. The molecule has 10 heteroatoms. The van der Waals surface area contributed by atoms with Gasteiger partial charge in [0.2, 0.25) is 10.0 Å². The molecule has 1 N–H and O–H groups in total. The third-order valence-corrected chi connectivity index (χ3v) is 7.36. The second-order valence-electron chi connectivity index (χ2n) is 7.47. The minimum absolute atomic E-state index is 0.0207. The van der Waals surface area contributed by atoms with Crippen LogP contribution in [0.5, 0.6) is 11.5 Å². The summed E-state index contributed by atoms with van der Waals surface area (Å²) in [7, 11) is -3.48. The lowest BCUT2D eigenvalue weighted by Gasteiger charge is -2.35. The fourth-order valence-electron chi connectivity index (χ4n) is 3.61. The van der Waals surface area contributed by atoms with Gasteiger partial charge in [0.25, 0.3) is 5.91 Å². The van der Waals surface area contributed by atoms with Gasteiger partial charge in [-0.3, -0.25) is 4.79 Å². The van der Waals surface area contributed by atoms with Crippen molar-refractivity contribution >= 4 is 33.2 Å². The molecule has 1 heterocycles. The Labute approximate surface area is 200 Å². The largest absolute Gasteiger partial charge is 0.490 e. The zero-order valence-corrected chi connectivity index (χ0v) is 20.5. The molecular weight excluding hydrogens is 466 g/mol. The Bertz CT molecular complexity index is 1060. The number of nitrogens with one attached hydrogen (secondary N) is 1. The summed E-state index contributed by atoms with van der Waals surface area (Å²) in [5, 5.41) is 3.34. The van der Waals surface area contributed by atoms with E-state index in [2.05, 4.69) is 10.2 Å². The van der Waals surface area contributed by atoms with Gasteiger partial charge in [-0.2, -0.15) is 4.31 Å². The molecule has 8 nitrogen and oxygen atoms in total. The van der Waals surface area contributed by atoms with Crippen molar-refractivity contribution in [2.75, 3.05) is 56.6 Å². The number of amides is 1. The SMILES string of the molecule is CCOc1ccc(C(=O)NCCS(=O)(=O)N2CCN(c3cccc(Cl)c3)CC2)cc1OCC. The van der Waals surface area contributed by atoms with E-state index in [1.54, 1.807) is 18.2 Å². The summed E-state index contributed by atoms with van der Waals surface area (Å²) >= 11 is 6.06. The molecule has 33 heavy (non-hydrogen) atoms. The topological polar surface area (TPSA) is 88.2 Å². The predicted octanol–water partition coefficient (Wildman–Crippen LogP) is 3.02. The molecular formula is C23H30ClN3O5S. The maximum Gasteiger partial charge on any atom is 0.251 e. The molecule has 3 rings (SSSR count). The molecule has 0 unspecified atom stereocenters. The van der Waals surface area contributed by atoms with Crippen molar-refractivity contribution < 1.29 is 22.7 Å². The summed E-state index contributed by atoms with van der Waals surface area (Å²) in [6.07, 6.45) is 0. The number of nitrogens with zero attached hydrogens (tertiary/aromatic N) is 2. The van der Waals surface area contributed by atoms with Gasteiger partial charge in [0.1, 0.15) is 0 Å². The number of anilines is 1. The molecule has 2 aromatic rings. The smallest absolute Gasteiger partial charge is 0.251 e. The Morgan fingerprint density at radius 1 is 1.00 bits per heavy atom. The first-order chi connectivity index (χ1) is 15.8. The molecule has 180 valence electrons. The van der Waals surface area contributed by atoms with Gasteiger partial charge < -0.3 is 19.7 Å². The summed E-state index contributed by atoms with van der Waals surface area (Å²) in [6, 6.07) is 12.4. The molecule has 1 saturated heterocycles. The van der Waals surface area contributed by atoms with E-state index >= 15 is 0 Å². The van der Waals surface area contributed by atoms with Gasteiger partial charge in [-0.1, -0.05) is 17.7 Å². The van der Waals surface area contributed by atoms with E-state index in [1.165, 1.54) is 4.31 Å². The Kier molecular flexibility index (Phi) is 8.82. The summed E-state index contributed by atoms with van der Waals surface area (Å²) in [5.41, 5.74) is 1.36. The van der Waals surface area contributed by atoms with E-state index in [9.17, 15) is 13.2 Å². The van der Waals surface area contributed by atoms with Crippen LogP contribution < -0.4 is 19.7 Å². The fraction of sp³-hybridized carbons (Fsp3) is 0.435. The second kappa shape index (κ2) is 11.6. The number of hydrogen-bond donors (Lipinski definition) is 1. The molecule has 0 aliphatic carbocycles. The van der Waals surface area contributed by atoms with Crippen LogP contribution in [0.4, 0.5) is 5.69 Å². The number of piperazine rings is 1. The fourth-order valence-corrected chi connectivity index (χ4v) is 5.14. The van der Waals surface area contributed by atoms with Crippen molar-refractivity contribution in [2.24, 2.45) is 0 Å². The number of benzene rings is 2. The number of carbonyl (C=O) groups excluding carboxylic acids is 1. The number of carbonyl (C=O) groups is 1. The zero-order valence-electron chi connectivity index (χ0n) is 18.9. The van der Waals surface area contributed by atoms with Crippen LogP contribution in [0.1, 0.15) is 24.2 Å². The number of hydrogen-bond acceptors (Lipinski definition) is 6. The van der Waals surface area contributed by atoms with E-state index in [0.29, 0.717) is 61.5 Å². The highest BCUT2D eigenvalue weighted by molar-refractivity contribution is 7.89. The molecule has 1 aliphatic heterocycles. The van der Waals surface area contributed by atoms with E-state index < -0.39 is 10.0 Å². The molecule has 2 aromatic carbocycles.